The molecule has 3 rings (SSSR count). The van der Waals surface area contributed by atoms with Crippen molar-refractivity contribution in [3.8, 4) is 0 Å². The maximum absolute atomic E-state index is 13.4. The zero-order chi connectivity index (χ0) is 29.9. The Kier molecular flexibility index (Phi) is 10.6. The molecular formula is C29H29N3O9. The van der Waals surface area contributed by atoms with Gasteiger partial charge < -0.3 is 25.2 Å². The van der Waals surface area contributed by atoms with Crippen LogP contribution < -0.4 is 10.6 Å². The zero-order valence-corrected chi connectivity index (χ0v) is 22.3. The molecule has 0 aromatic heterocycles. The first-order valence-electron chi connectivity index (χ1n) is 12.4. The topological polar surface area (TPSA) is 174 Å². The highest BCUT2D eigenvalue weighted by Gasteiger charge is 2.38. The number of aliphatic hydroxyl groups excluding tert-OH is 1. The van der Waals surface area contributed by atoms with Gasteiger partial charge in [0.25, 0.3) is 17.5 Å². The number of amides is 2. The summed E-state index contributed by atoms with van der Waals surface area (Å²) in [6.07, 6.45) is -2.29. The van der Waals surface area contributed by atoms with E-state index in [1.54, 1.807) is 60.7 Å². The van der Waals surface area contributed by atoms with Gasteiger partial charge in [-0.05, 0) is 23.3 Å². The summed E-state index contributed by atoms with van der Waals surface area (Å²) in [6, 6.07) is 18.8. The largest absolute Gasteiger partial charge is 0.469 e. The SMILES string of the molecule is COC(=O)C[C@@H](c1ccc([N+](=O)[O-])cc1)[C@@H](NC(=O)[C@H](O)[C@@H](NC(=O)c1ccccc1)c1ccccc1)C(=O)OC. The number of esters is 2. The number of methoxy groups -OCH3 is 2. The lowest BCUT2D eigenvalue weighted by Crippen LogP contribution is -2.52. The van der Waals surface area contributed by atoms with Crippen LogP contribution in [-0.2, 0) is 23.9 Å². The Morgan fingerprint density at radius 2 is 1.41 bits per heavy atom. The first-order chi connectivity index (χ1) is 19.7. The molecule has 0 aliphatic heterocycles. The Morgan fingerprint density at radius 1 is 0.829 bits per heavy atom. The van der Waals surface area contributed by atoms with Crippen molar-refractivity contribution in [3.05, 3.63) is 112 Å². The highest BCUT2D eigenvalue weighted by Crippen LogP contribution is 2.28. The number of aliphatic hydroxyl groups is 1. The van der Waals surface area contributed by atoms with Crippen molar-refractivity contribution in [1.82, 2.24) is 10.6 Å². The van der Waals surface area contributed by atoms with Crippen molar-refractivity contribution >= 4 is 29.4 Å². The van der Waals surface area contributed by atoms with Crippen molar-refractivity contribution in [2.45, 2.75) is 30.5 Å². The van der Waals surface area contributed by atoms with Crippen LogP contribution in [0.15, 0.2) is 84.9 Å². The Labute approximate surface area is 235 Å². The zero-order valence-electron chi connectivity index (χ0n) is 22.3. The molecule has 0 aliphatic rings. The maximum atomic E-state index is 13.4. The van der Waals surface area contributed by atoms with Crippen LogP contribution in [0.3, 0.4) is 0 Å². The highest BCUT2D eigenvalue weighted by atomic mass is 16.6. The predicted octanol–water partition coefficient (Wildman–Crippen LogP) is 2.43. The van der Waals surface area contributed by atoms with Crippen molar-refractivity contribution in [2.75, 3.05) is 14.2 Å². The van der Waals surface area contributed by atoms with E-state index in [4.69, 9.17) is 9.47 Å². The lowest BCUT2D eigenvalue weighted by atomic mass is 9.87. The minimum atomic E-state index is -1.88. The van der Waals surface area contributed by atoms with Crippen LogP contribution in [-0.4, -0.2) is 60.1 Å². The lowest BCUT2D eigenvalue weighted by Gasteiger charge is -2.29. The van der Waals surface area contributed by atoms with Crippen LogP contribution in [0.4, 0.5) is 5.69 Å². The van der Waals surface area contributed by atoms with Gasteiger partial charge in [0.1, 0.15) is 6.04 Å². The molecule has 3 aromatic rings. The van der Waals surface area contributed by atoms with Gasteiger partial charge in [0.05, 0.1) is 31.6 Å². The summed E-state index contributed by atoms with van der Waals surface area (Å²) in [7, 11) is 2.22. The molecule has 0 aliphatic carbocycles. The summed E-state index contributed by atoms with van der Waals surface area (Å²) in [5, 5.41) is 27.4. The Balaban J connectivity index is 1.94. The van der Waals surface area contributed by atoms with Crippen molar-refractivity contribution < 1.29 is 38.7 Å². The van der Waals surface area contributed by atoms with Gasteiger partial charge in [-0.2, -0.15) is 0 Å². The smallest absolute Gasteiger partial charge is 0.329 e. The second kappa shape index (κ2) is 14.3. The number of hydrogen-bond acceptors (Lipinski definition) is 9. The maximum Gasteiger partial charge on any atom is 0.329 e. The first-order valence-corrected chi connectivity index (χ1v) is 12.4. The number of nitro groups is 1. The quantitative estimate of drug-likeness (QED) is 0.170. The molecule has 12 heteroatoms. The lowest BCUT2D eigenvalue weighted by molar-refractivity contribution is -0.384. The molecule has 0 radical (unpaired) electrons. The molecule has 0 heterocycles. The van der Waals surface area contributed by atoms with Crippen molar-refractivity contribution in [1.29, 1.82) is 0 Å². The number of benzene rings is 3. The van der Waals surface area contributed by atoms with Crippen LogP contribution in [0.1, 0.15) is 39.9 Å². The number of rotatable bonds is 12. The summed E-state index contributed by atoms with van der Waals surface area (Å²) < 4.78 is 9.63. The molecule has 3 N–H and O–H groups in total. The van der Waals surface area contributed by atoms with Crippen LogP contribution in [0.25, 0.3) is 0 Å². The Hall–Kier alpha value is -5.10. The van der Waals surface area contributed by atoms with E-state index in [1.807, 2.05) is 0 Å². The number of nitrogens with one attached hydrogen (secondary N) is 2. The molecule has 3 aromatic carbocycles. The average Bonchev–Trinajstić information content (AvgIpc) is 3.01. The summed E-state index contributed by atoms with van der Waals surface area (Å²) in [4.78, 5) is 62.0. The standard InChI is InChI=1S/C29H29N3O9/c1-40-23(33)17-22(18-13-15-21(16-14-18)32(38)39)25(29(37)41-2)31-28(36)26(34)24(19-9-5-3-6-10-19)30-27(35)20-11-7-4-8-12-20/h3-16,22,24-26,34H,17H2,1-2H3,(H,30,35)(H,31,36)/t22-,24-,25+,26+/m0/s1. The van der Waals surface area contributed by atoms with Gasteiger partial charge in [-0.25, -0.2) is 4.79 Å². The molecule has 0 fully saturated rings. The number of ether oxygens (including phenoxy) is 2. The van der Waals surface area contributed by atoms with E-state index in [9.17, 15) is 34.4 Å². The van der Waals surface area contributed by atoms with Gasteiger partial charge in [0.15, 0.2) is 6.10 Å². The fourth-order valence-electron chi connectivity index (χ4n) is 4.19. The summed E-state index contributed by atoms with van der Waals surface area (Å²) in [5.74, 6) is -4.35. The average molecular weight is 564 g/mol. The van der Waals surface area contributed by atoms with Crippen LogP contribution >= 0.6 is 0 Å². The first kappa shape index (κ1) is 30.4. The third kappa shape index (κ3) is 7.96. The van der Waals surface area contributed by atoms with E-state index in [0.29, 0.717) is 16.7 Å². The van der Waals surface area contributed by atoms with Crippen LogP contribution in [0, 0.1) is 10.1 Å². The monoisotopic (exact) mass is 563 g/mol. The van der Waals surface area contributed by atoms with Crippen molar-refractivity contribution in [2.24, 2.45) is 0 Å². The minimum absolute atomic E-state index is 0.223. The number of nitro benzene ring substituents is 1. The second-order valence-corrected chi connectivity index (χ2v) is 8.92. The molecule has 0 unspecified atom stereocenters. The summed E-state index contributed by atoms with van der Waals surface area (Å²) >= 11 is 0. The van der Waals surface area contributed by atoms with E-state index in [1.165, 1.54) is 24.3 Å². The Morgan fingerprint density at radius 3 is 1.95 bits per heavy atom. The van der Waals surface area contributed by atoms with E-state index in [0.717, 1.165) is 14.2 Å². The molecule has 0 saturated heterocycles. The molecule has 0 saturated carbocycles. The van der Waals surface area contributed by atoms with E-state index in [-0.39, 0.29) is 5.69 Å². The van der Waals surface area contributed by atoms with E-state index >= 15 is 0 Å². The van der Waals surface area contributed by atoms with Gasteiger partial charge in [-0.1, -0.05) is 60.7 Å². The van der Waals surface area contributed by atoms with Gasteiger partial charge in [-0.15, -0.1) is 0 Å². The van der Waals surface area contributed by atoms with Gasteiger partial charge in [-0.3, -0.25) is 24.5 Å². The van der Waals surface area contributed by atoms with E-state index in [2.05, 4.69) is 10.6 Å². The molecule has 2 amide bonds. The molecule has 41 heavy (non-hydrogen) atoms. The molecule has 0 bridgehead atoms. The molecule has 12 nitrogen and oxygen atoms in total. The molecular weight excluding hydrogens is 534 g/mol. The van der Waals surface area contributed by atoms with Gasteiger partial charge in [0, 0.05) is 23.6 Å². The fourth-order valence-corrected chi connectivity index (χ4v) is 4.19. The van der Waals surface area contributed by atoms with E-state index < -0.39 is 59.2 Å². The molecule has 4 atom stereocenters. The summed E-state index contributed by atoms with van der Waals surface area (Å²) in [6.45, 7) is 0. The van der Waals surface area contributed by atoms with Gasteiger partial charge >= 0.3 is 11.9 Å². The summed E-state index contributed by atoms with van der Waals surface area (Å²) in [5.41, 5.74) is 0.781. The fraction of sp³-hybridized carbons (Fsp3) is 0.241. The Bertz CT molecular complexity index is 1370. The number of carbonyl (C=O) groups is 4. The van der Waals surface area contributed by atoms with Crippen molar-refractivity contribution in [3.63, 3.8) is 0 Å². The van der Waals surface area contributed by atoms with Crippen LogP contribution in [0.5, 0.6) is 0 Å². The third-order valence-electron chi connectivity index (χ3n) is 6.37. The van der Waals surface area contributed by atoms with Crippen LogP contribution in [0.2, 0.25) is 0 Å². The third-order valence-corrected chi connectivity index (χ3v) is 6.37. The molecule has 0 spiro atoms. The minimum Gasteiger partial charge on any atom is -0.469 e. The predicted molar refractivity (Wildman–Crippen MR) is 146 cm³/mol. The number of non-ortho nitro benzene ring substituents is 1. The number of nitrogens with zero attached hydrogens (tertiary/aromatic N) is 1. The highest BCUT2D eigenvalue weighted by molar-refractivity contribution is 5.95. The second-order valence-electron chi connectivity index (χ2n) is 8.92. The van der Waals surface area contributed by atoms with Gasteiger partial charge in [0.2, 0.25) is 0 Å². The number of hydrogen-bond donors (Lipinski definition) is 3. The number of carbonyl (C=O) groups excluding carboxylic acids is 4. The normalized spacial score (nSPS) is 13.5. The molecule has 214 valence electrons.